The lowest BCUT2D eigenvalue weighted by Gasteiger charge is -2.36. The van der Waals surface area contributed by atoms with E-state index in [0.717, 1.165) is 58.9 Å². The second-order valence-corrected chi connectivity index (χ2v) is 11.7. The zero-order valence-electron chi connectivity index (χ0n) is 25.0. The SMILES string of the molecule is CC.CC(C)N1CCN(CCCNC=O)CC1.Cc1sc2c(c1C)C(c1ccc(Cl)cc1)=NCc1nnc(C)n1-2. The number of aromatic nitrogens is 3. The summed E-state index contributed by atoms with van der Waals surface area (Å²) in [6.45, 7) is 21.9. The van der Waals surface area contributed by atoms with Gasteiger partial charge < -0.3 is 10.2 Å². The molecule has 0 aliphatic carbocycles. The molecule has 4 heterocycles. The monoisotopic (exact) mass is 585 g/mol. The van der Waals surface area contributed by atoms with Crippen molar-refractivity contribution in [3.63, 3.8) is 0 Å². The maximum atomic E-state index is 10.0. The van der Waals surface area contributed by atoms with Gasteiger partial charge >= 0.3 is 0 Å². The number of hydrogen-bond donors (Lipinski definition) is 1. The normalized spacial score (nSPS) is 15.1. The highest BCUT2D eigenvalue weighted by Gasteiger charge is 2.26. The van der Waals surface area contributed by atoms with E-state index in [4.69, 9.17) is 16.6 Å². The van der Waals surface area contributed by atoms with Crippen molar-refractivity contribution in [1.29, 1.82) is 0 Å². The van der Waals surface area contributed by atoms with Crippen LogP contribution in [0.2, 0.25) is 5.02 Å². The predicted octanol–water partition coefficient (Wildman–Crippen LogP) is 5.43. The van der Waals surface area contributed by atoms with Crippen LogP contribution in [-0.4, -0.2) is 82.0 Å². The highest BCUT2D eigenvalue weighted by molar-refractivity contribution is 7.15. The lowest BCUT2D eigenvalue weighted by molar-refractivity contribution is -0.109. The number of aryl methyl sites for hydroxylation is 2. The maximum Gasteiger partial charge on any atom is 0.207 e. The molecule has 0 bridgehead atoms. The van der Waals surface area contributed by atoms with Gasteiger partial charge in [-0.3, -0.25) is 19.3 Å². The Morgan fingerprint density at radius 3 is 2.35 bits per heavy atom. The molecule has 0 saturated carbocycles. The number of carbonyl (C=O) groups excluding carboxylic acids is 1. The van der Waals surface area contributed by atoms with Crippen molar-refractivity contribution < 1.29 is 4.79 Å². The quantitative estimate of drug-likeness (QED) is 0.295. The summed E-state index contributed by atoms with van der Waals surface area (Å²) in [5.74, 6) is 1.78. The van der Waals surface area contributed by atoms with Crippen LogP contribution in [0.3, 0.4) is 0 Å². The van der Waals surface area contributed by atoms with E-state index >= 15 is 0 Å². The number of thiophene rings is 1. The van der Waals surface area contributed by atoms with Gasteiger partial charge in [-0.25, -0.2) is 0 Å². The van der Waals surface area contributed by atoms with E-state index in [1.54, 1.807) is 11.3 Å². The molecule has 0 unspecified atom stereocenters. The Morgan fingerprint density at radius 1 is 1.05 bits per heavy atom. The number of carbonyl (C=O) groups is 1. The molecule has 1 fully saturated rings. The summed E-state index contributed by atoms with van der Waals surface area (Å²) in [4.78, 5) is 21.2. The van der Waals surface area contributed by atoms with Crippen molar-refractivity contribution in [1.82, 2.24) is 29.9 Å². The molecule has 5 rings (SSSR count). The predicted molar refractivity (Wildman–Crippen MR) is 167 cm³/mol. The Hall–Kier alpha value is -2.59. The average molecular weight is 586 g/mol. The van der Waals surface area contributed by atoms with Crippen LogP contribution in [0.1, 0.15) is 67.3 Å². The number of benzene rings is 1. The summed E-state index contributed by atoms with van der Waals surface area (Å²) in [5, 5.41) is 13.1. The molecule has 0 radical (unpaired) electrons. The van der Waals surface area contributed by atoms with Gasteiger partial charge in [-0.05, 0) is 65.3 Å². The summed E-state index contributed by atoms with van der Waals surface area (Å²) >= 11 is 7.80. The first kappa shape index (κ1) is 31.9. The van der Waals surface area contributed by atoms with Gasteiger partial charge in [0.1, 0.15) is 17.4 Å². The Balaban J connectivity index is 0.000000226. The van der Waals surface area contributed by atoms with E-state index in [9.17, 15) is 4.79 Å². The van der Waals surface area contributed by atoms with E-state index in [2.05, 4.69) is 57.6 Å². The van der Waals surface area contributed by atoms with Crippen LogP contribution >= 0.6 is 22.9 Å². The number of halogens is 1. The number of rotatable bonds is 7. The smallest absolute Gasteiger partial charge is 0.207 e. The van der Waals surface area contributed by atoms with Crippen molar-refractivity contribution in [2.75, 3.05) is 39.3 Å². The average Bonchev–Trinajstić information content (AvgIpc) is 3.41. The fourth-order valence-electron chi connectivity index (χ4n) is 4.86. The number of amides is 1. The summed E-state index contributed by atoms with van der Waals surface area (Å²) < 4.78 is 2.13. The molecule has 2 aromatic heterocycles. The number of piperazine rings is 1. The second kappa shape index (κ2) is 15.4. The molecule has 1 amide bonds. The third kappa shape index (κ3) is 7.78. The minimum absolute atomic E-state index is 0.526. The topological polar surface area (TPSA) is 78.7 Å². The number of nitrogens with one attached hydrogen (secondary N) is 1. The van der Waals surface area contributed by atoms with Crippen molar-refractivity contribution in [2.45, 2.75) is 67.5 Å². The van der Waals surface area contributed by atoms with Crippen LogP contribution in [0.5, 0.6) is 0 Å². The molecule has 218 valence electrons. The van der Waals surface area contributed by atoms with Gasteiger partial charge in [0.05, 0.1) is 5.71 Å². The van der Waals surface area contributed by atoms with Gasteiger partial charge in [0.2, 0.25) is 6.41 Å². The van der Waals surface area contributed by atoms with Crippen molar-refractivity contribution in [3.8, 4) is 5.00 Å². The first-order valence-electron chi connectivity index (χ1n) is 14.3. The second-order valence-electron chi connectivity index (χ2n) is 10.0. The van der Waals surface area contributed by atoms with Crippen LogP contribution in [-0.2, 0) is 11.3 Å². The maximum absolute atomic E-state index is 10.0. The molecule has 0 atom stereocenters. The molecule has 40 heavy (non-hydrogen) atoms. The minimum Gasteiger partial charge on any atom is -0.359 e. The van der Waals surface area contributed by atoms with Crippen LogP contribution in [0.15, 0.2) is 29.3 Å². The highest BCUT2D eigenvalue weighted by Crippen LogP contribution is 2.36. The molecule has 2 aliphatic rings. The largest absolute Gasteiger partial charge is 0.359 e. The van der Waals surface area contributed by atoms with Crippen LogP contribution in [0.4, 0.5) is 0 Å². The van der Waals surface area contributed by atoms with Crippen LogP contribution in [0.25, 0.3) is 5.00 Å². The fourth-order valence-corrected chi connectivity index (χ4v) is 6.21. The third-order valence-electron chi connectivity index (χ3n) is 7.21. The molecule has 3 aromatic rings. The molecule has 1 saturated heterocycles. The van der Waals surface area contributed by atoms with E-state index in [1.165, 1.54) is 42.2 Å². The Labute approximate surface area is 248 Å². The first-order chi connectivity index (χ1) is 19.3. The van der Waals surface area contributed by atoms with Gasteiger partial charge in [-0.15, -0.1) is 21.5 Å². The fraction of sp³-hybridized carbons (Fsp3) is 0.533. The molecular formula is C30H44ClN7OS. The molecule has 1 N–H and O–H groups in total. The summed E-state index contributed by atoms with van der Waals surface area (Å²) in [5.41, 5.74) is 4.52. The van der Waals surface area contributed by atoms with Crippen molar-refractivity contribution in [2.24, 2.45) is 4.99 Å². The number of hydrogen-bond acceptors (Lipinski definition) is 7. The van der Waals surface area contributed by atoms with Crippen LogP contribution < -0.4 is 5.32 Å². The molecule has 10 heteroatoms. The Bertz CT molecular complexity index is 1260. The number of nitrogens with zero attached hydrogens (tertiary/aromatic N) is 6. The summed E-state index contributed by atoms with van der Waals surface area (Å²) in [7, 11) is 0. The number of fused-ring (bicyclic) bond motifs is 3. The van der Waals surface area contributed by atoms with E-state index < -0.39 is 0 Å². The van der Waals surface area contributed by atoms with Gasteiger partial charge in [0.25, 0.3) is 0 Å². The van der Waals surface area contributed by atoms with E-state index in [0.29, 0.717) is 12.6 Å². The van der Waals surface area contributed by atoms with Crippen LogP contribution in [0, 0.1) is 20.8 Å². The summed E-state index contributed by atoms with van der Waals surface area (Å²) in [6, 6.07) is 8.53. The standard InChI is InChI=1S/C17H15ClN4S.C11H23N3O.C2H6/c1-9-10(2)23-17-15(9)16(12-4-6-13(18)7-5-12)19-8-14-21-20-11(3)22(14)17;1-11(2)14-8-6-13(7-9-14)5-3-4-12-10-15;1-2/h4-7H,8H2,1-3H3;10-11H,3-9H2,1-2H3,(H,12,15);1-2H3. The van der Waals surface area contributed by atoms with Gasteiger partial charge in [0.15, 0.2) is 5.82 Å². The molecule has 0 spiro atoms. The molecule has 2 aliphatic heterocycles. The molecule has 8 nitrogen and oxygen atoms in total. The molecular weight excluding hydrogens is 542 g/mol. The number of aliphatic imine (C=N–C) groups is 1. The Morgan fingerprint density at radius 2 is 1.73 bits per heavy atom. The molecule has 1 aromatic carbocycles. The summed E-state index contributed by atoms with van der Waals surface area (Å²) in [6.07, 6.45) is 1.83. The lowest BCUT2D eigenvalue weighted by Crippen LogP contribution is -2.49. The minimum atomic E-state index is 0.526. The van der Waals surface area contributed by atoms with Crippen molar-refractivity contribution in [3.05, 3.63) is 62.5 Å². The van der Waals surface area contributed by atoms with Gasteiger partial charge in [-0.1, -0.05) is 37.6 Å². The zero-order chi connectivity index (χ0) is 29.2. The first-order valence-corrected chi connectivity index (χ1v) is 15.4. The lowest BCUT2D eigenvalue weighted by atomic mass is 10.00. The Kier molecular flexibility index (Phi) is 12.3. The highest BCUT2D eigenvalue weighted by atomic mass is 35.5. The zero-order valence-corrected chi connectivity index (χ0v) is 26.6. The third-order valence-corrected chi connectivity index (χ3v) is 8.66. The van der Waals surface area contributed by atoms with E-state index in [-0.39, 0.29) is 0 Å². The van der Waals surface area contributed by atoms with Crippen molar-refractivity contribution >= 4 is 35.1 Å². The van der Waals surface area contributed by atoms with Gasteiger partial charge in [0, 0.05) is 59.8 Å². The van der Waals surface area contributed by atoms with E-state index in [1.807, 2.05) is 45.0 Å². The van der Waals surface area contributed by atoms with Gasteiger partial charge in [-0.2, -0.15) is 0 Å².